The monoisotopic (exact) mass is 1990 g/mol. The zero-order valence-corrected chi connectivity index (χ0v) is 80.4. The second-order valence-corrected chi connectivity index (χ2v) is 37.0. The molecule has 4 aromatic heterocycles. The van der Waals surface area contributed by atoms with Crippen LogP contribution in [0.5, 0.6) is 0 Å². The first-order chi connectivity index (χ1) is 66.8. The van der Waals surface area contributed by atoms with Crippen LogP contribution in [0.2, 0.25) is 0 Å². The Morgan fingerprint density at radius 1 is 0.219 bits per heavy atom. The fourth-order valence-corrected chi connectivity index (χ4v) is 20.9. The van der Waals surface area contributed by atoms with Crippen molar-refractivity contribution in [2.45, 2.75) is 49.7 Å². The van der Waals surface area contributed by atoms with Crippen molar-refractivity contribution >= 4 is 71.9 Å². The van der Waals surface area contributed by atoms with Crippen molar-refractivity contribution in [3.63, 3.8) is 0 Å². The molecular formula is C126H90BBrN6O2W. The quantitative estimate of drug-likeness (QED) is 0.0604. The van der Waals surface area contributed by atoms with Crippen molar-refractivity contribution in [3.8, 4) is 124 Å². The number of hydrogen-bond donors (Lipinski definition) is 0. The number of pyridine rings is 2. The summed E-state index contributed by atoms with van der Waals surface area (Å²) in [4.78, 5) is 30.5. The number of fused-ring (bicyclic) bond motifs is 12. The zero-order valence-electron chi connectivity index (χ0n) is 75.9. The SMILES string of the molecule is Brc1cc(-c2ccc(-c3ccccc3)cc2)nc(-c2ccccc2)n1.CC1(C)OB(c2cccc(-c3nc4ccccc4c4cc5c(cc34)C(c3ccccc3)(c3ccccc3)c3ccccc3-5)c2)OC1(C)C.[W].c1ccc(-c2ccc(-c3cc(-c4cccc(-c5nc6ccccc6c6cc7c(cc56)C(c5ccccc5)(c5ccccc5)c5ccccc5-7)c4)nc(-c4ccccc4)n3)cc2)cc1. The van der Waals surface area contributed by atoms with Crippen LogP contribution in [-0.2, 0) is 41.2 Å². The van der Waals surface area contributed by atoms with Gasteiger partial charge in [-0.05, 0) is 203 Å². The first kappa shape index (κ1) is 87.0. The van der Waals surface area contributed by atoms with Gasteiger partial charge >= 0.3 is 7.12 Å². The van der Waals surface area contributed by atoms with Gasteiger partial charge in [0.2, 0.25) is 0 Å². The molecule has 1 aliphatic heterocycles. The van der Waals surface area contributed by atoms with Crippen LogP contribution in [0.15, 0.2) is 478 Å². The Labute approximate surface area is 821 Å². The third-order valence-electron chi connectivity index (χ3n) is 27.7. The molecule has 137 heavy (non-hydrogen) atoms. The molecule has 18 aromatic carbocycles. The van der Waals surface area contributed by atoms with Crippen LogP contribution in [0.25, 0.3) is 167 Å². The van der Waals surface area contributed by atoms with Crippen molar-refractivity contribution in [3.05, 3.63) is 522 Å². The Balaban J connectivity index is 0.000000129. The minimum atomic E-state index is -0.530. The molecule has 1 saturated heterocycles. The van der Waals surface area contributed by atoms with E-state index in [0.717, 1.165) is 116 Å². The molecule has 0 atom stereocenters. The van der Waals surface area contributed by atoms with Crippen LogP contribution in [0, 0.1) is 0 Å². The molecule has 0 spiro atoms. The summed E-state index contributed by atoms with van der Waals surface area (Å²) in [6, 6.07) is 168. The van der Waals surface area contributed by atoms with E-state index in [1.54, 1.807) is 0 Å². The van der Waals surface area contributed by atoms with Crippen LogP contribution in [0.3, 0.4) is 0 Å². The third kappa shape index (κ3) is 15.8. The Bertz CT molecular complexity index is 8180. The number of nitrogens with zero attached hydrogens (tertiary/aromatic N) is 6. The molecule has 2 aliphatic carbocycles. The van der Waals surface area contributed by atoms with E-state index < -0.39 is 29.2 Å². The number of benzene rings is 18. The molecule has 652 valence electrons. The first-order valence-electron chi connectivity index (χ1n) is 46.4. The minimum Gasteiger partial charge on any atom is -0.399 e. The Hall–Kier alpha value is -15.4. The first-order valence-corrected chi connectivity index (χ1v) is 47.2. The summed E-state index contributed by atoms with van der Waals surface area (Å²) in [5, 5.41) is 6.90. The van der Waals surface area contributed by atoms with Gasteiger partial charge in [-0.25, -0.2) is 29.9 Å². The predicted octanol–water partition coefficient (Wildman–Crippen LogP) is 30.8. The molecular weight excluding hydrogens is 1900 g/mol. The molecule has 0 unspecified atom stereocenters. The van der Waals surface area contributed by atoms with Crippen molar-refractivity contribution in [1.29, 1.82) is 0 Å². The van der Waals surface area contributed by atoms with E-state index in [9.17, 15) is 0 Å². The van der Waals surface area contributed by atoms with Crippen LogP contribution >= 0.6 is 15.9 Å². The van der Waals surface area contributed by atoms with Crippen molar-refractivity contribution in [1.82, 2.24) is 29.9 Å². The summed E-state index contributed by atoms with van der Waals surface area (Å²) >= 11 is 3.51. The van der Waals surface area contributed by atoms with Gasteiger partial charge in [-0.1, -0.05) is 419 Å². The molecule has 0 amide bonds. The third-order valence-corrected chi connectivity index (χ3v) is 28.1. The van der Waals surface area contributed by atoms with Crippen molar-refractivity contribution < 1.29 is 30.4 Å². The maximum absolute atomic E-state index is 6.48. The number of hydrogen-bond acceptors (Lipinski definition) is 8. The van der Waals surface area contributed by atoms with Crippen LogP contribution in [-0.4, -0.2) is 48.2 Å². The number of aromatic nitrogens is 6. The number of para-hydroxylation sites is 2. The van der Waals surface area contributed by atoms with E-state index in [-0.39, 0.29) is 21.1 Å². The summed E-state index contributed by atoms with van der Waals surface area (Å²) in [5.74, 6) is 1.40. The van der Waals surface area contributed by atoms with E-state index in [1.807, 2.05) is 66.7 Å². The topological polar surface area (TPSA) is 95.8 Å². The normalized spacial score (nSPS) is 13.7. The standard InChI is InChI=1S/C60H39N3.C44H36BNO2.C22H15BrN2.W/c1-5-18-40(19-6-1)41-32-34-42(35-33-41)56-39-57(63-59(62-56)43-20-7-2-8-21-43)44-22-17-23-45(36-44)58-52-38-54-51(37-50(52)49-29-14-16-31-55(49)61-58)48-28-13-15-30-53(48)60(54,46-24-9-3-10-25-46)47-26-11-4-12-27-47;1-42(2)43(3,4)48-45(47-42)32-21-15-16-29(26-32)41-37-28-39-36(27-35(37)34-23-12-14-25-40(34)46-41)33-22-11-13-24-38(33)44(39,30-17-7-5-8-18-30)31-19-9-6-10-20-31;23-21-15-20(24-22(25-21)19-9-5-2-6-10-19)18-13-11-17(12-14-18)16-7-3-1-4-8-16;/h1-39H;5-28H,1-4H3;1-15H;. The Morgan fingerprint density at radius 3 is 0.956 bits per heavy atom. The van der Waals surface area contributed by atoms with Gasteiger partial charge in [0.25, 0.3) is 0 Å². The van der Waals surface area contributed by atoms with Crippen LogP contribution < -0.4 is 5.46 Å². The Morgan fingerprint density at radius 2 is 0.533 bits per heavy atom. The number of rotatable bonds is 14. The maximum atomic E-state index is 6.48. The number of halogens is 1. The fraction of sp³-hybridized carbons (Fsp3) is 0.0635. The molecule has 1 fully saturated rings. The van der Waals surface area contributed by atoms with E-state index in [4.69, 9.17) is 34.2 Å². The second-order valence-electron chi connectivity index (χ2n) is 36.2. The van der Waals surface area contributed by atoms with Gasteiger partial charge in [0, 0.05) is 81.6 Å². The summed E-state index contributed by atoms with van der Waals surface area (Å²) in [5.41, 5.74) is 32.6. The molecule has 3 aliphatic rings. The summed E-state index contributed by atoms with van der Waals surface area (Å²) in [7, 11) is -0.454. The molecule has 0 bridgehead atoms. The van der Waals surface area contributed by atoms with E-state index in [2.05, 4.69) is 455 Å². The predicted molar refractivity (Wildman–Crippen MR) is 563 cm³/mol. The molecule has 5 heterocycles. The van der Waals surface area contributed by atoms with Crippen LogP contribution in [0.4, 0.5) is 0 Å². The smallest absolute Gasteiger partial charge is 0.399 e. The van der Waals surface area contributed by atoms with Gasteiger partial charge in [0.15, 0.2) is 11.6 Å². The summed E-state index contributed by atoms with van der Waals surface area (Å²) in [6.45, 7) is 8.39. The van der Waals surface area contributed by atoms with Gasteiger partial charge in [-0.15, -0.1) is 0 Å². The summed E-state index contributed by atoms with van der Waals surface area (Å²) < 4.78 is 13.7. The molecule has 11 heteroatoms. The molecule has 0 radical (unpaired) electrons. The van der Waals surface area contributed by atoms with Crippen molar-refractivity contribution in [2.75, 3.05) is 0 Å². The van der Waals surface area contributed by atoms with Crippen molar-refractivity contribution in [2.24, 2.45) is 0 Å². The van der Waals surface area contributed by atoms with Gasteiger partial charge in [0.1, 0.15) is 4.60 Å². The summed E-state index contributed by atoms with van der Waals surface area (Å²) in [6.07, 6.45) is 0. The molecule has 25 rings (SSSR count). The van der Waals surface area contributed by atoms with Crippen LogP contribution in [0.1, 0.15) is 72.2 Å². The average Bonchev–Trinajstić information content (AvgIpc) is 1.54. The van der Waals surface area contributed by atoms with Gasteiger partial charge in [-0.2, -0.15) is 0 Å². The largest absolute Gasteiger partial charge is 0.494 e. The average molecular weight is 1990 g/mol. The molecule has 0 N–H and O–H groups in total. The van der Waals surface area contributed by atoms with Gasteiger partial charge in [0.05, 0.1) is 61.5 Å². The molecule has 22 aromatic rings. The minimum absolute atomic E-state index is 0. The fourth-order valence-electron chi connectivity index (χ4n) is 20.5. The molecule has 8 nitrogen and oxygen atoms in total. The molecule has 0 saturated carbocycles. The Kier molecular flexibility index (Phi) is 23.1. The second kappa shape index (κ2) is 36.4. The van der Waals surface area contributed by atoms with Gasteiger partial charge in [-0.3, -0.25) is 0 Å². The van der Waals surface area contributed by atoms with E-state index in [1.165, 1.54) is 99.8 Å². The van der Waals surface area contributed by atoms with E-state index >= 15 is 0 Å². The zero-order chi connectivity index (χ0) is 91.5. The maximum Gasteiger partial charge on any atom is 0.494 e. The van der Waals surface area contributed by atoms with Gasteiger partial charge < -0.3 is 9.31 Å². The van der Waals surface area contributed by atoms with E-state index in [0.29, 0.717) is 5.82 Å².